The second-order valence-corrected chi connectivity index (χ2v) is 5.67. The van der Waals surface area contributed by atoms with Crippen molar-refractivity contribution in [1.82, 2.24) is 0 Å². The number of amides is 2. The average molecular weight is 328 g/mol. The minimum Gasteiger partial charge on any atom is -0.326 e. The number of anilines is 2. The number of nitrogens with zero attached hydrogens (tertiary/aromatic N) is 1. The van der Waals surface area contributed by atoms with Crippen molar-refractivity contribution < 1.29 is 14.0 Å². The molecule has 2 amide bonds. The summed E-state index contributed by atoms with van der Waals surface area (Å²) in [5, 5.41) is 2.84. The van der Waals surface area contributed by atoms with Gasteiger partial charge in [-0.1, -0.05) is 24.3 Å². The van der Waals surface area contributed by atoms with Crippen LogP contribution in [0.5, 0.6) is 0 Å². The molecule has 0 unspecified atom stereocenters. The van der Waals surface area contributed by atoms with Crippen molar-refractivity contribution >= 4 is 23.2 Å². The van der Waals surface area contributed by atoms with E-state index in [2.05, 4.69) is 5.32 Å². The summed E-state index contributed by atoms with van der Waals surface area (Å²) in [5.41, 5.74) is 3.03. The van der Waals surface area contributed by atoms with Crippen molar-refractivity contribution in [3.8, 4) is 0 Å². The number of rotatable bonds is 5. The normalized spacial score (nSPS) is 10.3. The van der Waals surface area contributed by atoms with Crippen molar-refractivity contribution in [3.05, 3.63) is 59.4 Å². The Morgan fingerprint density at radius 1 is 1.08 bits per heavy atom. The molecule has 0 atom stereocenters. The molecule has 0 bridgehead atoms. The fourth-order valence-corrected chi connectivity index (χ4v) is 2.43. The molecule has 0 heterocycles. The van der Waals surface area contributed by atoms with Crippen LogP contribution < -0.4 is 10.2 Å². The Balaban J connectivity index is 2.05. The molecule has 126 valence electrons. The maximum atomic E-state index is 13.9. The number of hydrogen-bond acceptors (Lipinski definition) is 2. The Morgan fingerprint density at radius 3 is 2.46 bits per heavy atom. The highest BCUT2D eigenvalue weighted by Crippen LogP contribution is 2.20. The molecule has 0 spiro atoms. The number of para-hydroxylation sites is 1. The molecule has 2 aromatic carbocycles. The summed E-state index contributed by atoms with van der Waals surface area (Å²) in [5.74, 6) is -1.01. The lowest BCUT2D eigenvalue weighted by Crippen LogP contribution is -2.32. The van der Waals surface area contributed by atoms with Gasteiger partial charge in [-0.05, 0) is 43.2 Å². The second kappa shape index (κ2) is 7.73. The highest BCUT2D eigenvalue weighted by atomic mass is 19.1. The molecule has 0 saturated heterocycles. The van der Waals surface area contributed by atoms with Crippen LogP contribution in [0.25, 0.3) is 0 Å². The fourth-order valence-electron chi connectivity index (χ4n) is 2.43. The van der Waals surface area contributed by atoms with E-state index >= 15 is 0 Å². The van der Waals surface area contributed by atoms with E-state index in [-0.39, 0.29) is 30.5 Å². The molecule has 4 nitrogen and oxygen atoms in total. The van der Waals surface area contributed by atoms with Crippen LogP contribution in [-0.4, -0.2) is 18.4 Å². The molecular formula is C19H21FN2O2. The molecule has 5 heteroatoms. The summed E-state index contributed by atoms with van der Waals surface area (Å²) in [6, 6.07) is 11.7. The van der Waals surface area contributed by atoms with E-state index in [4.69, 9.17) is 0 Å². The van der Waals surface area contributed by atoms with Crippen LogP contribution in [0.15, 0.2) is 42.5 Å². The lowest BCUT2D eigenvalue weighted by Gasteiger charge is -2.21. The first-order chi connectivity index (χ1) is 11.4. The molecule has 0 saturated carbocycles. The Labute approximate surface area is 141 Å². The van der Waals surface area contributed by atoms with Crippen molar-refractivity contribution in [1.29, 1.82) is 0 Å². The van der Waals surface area contributed by atoms with Crippen LogP contribution in [0.2, 0.25) is 0 Å². The molecule has 0 radical (unpaired) electrons. The molecule has 24 heavy (non-hydrogen) atoms. The molecule has 2 rings (SSSR count). The molecule has 1 N–H and O–H groups in total. The van der Waals surface area contributed by atoms with Gasteiger partial charge in [0.15, 0.2) is 0 Å². The highest BCUT2D eigenvalue weighted by Gasteiger charge is 2.17. The van der Waals surface area contributed by atoms with E-state index in [1.54, 1.807) is 12.1 Å². The van der Waals surface area contributed by atoms with Crippen molar-refractivity contribution in [2.24, 2.45) is 0 Å². The fraction of sp³-hybridized carbons (Fsp3) is 0.263. The van der Waals surface area contributed by atoms with E-state index in [0.717, 1.165) is 16.8 Å². The number of carbonyl (C=O) groups is 2. The zero-order valence-electron chi connectivity index (χ0n) is 14.1. The first kappa shape index (κ1) is 17.7. The quantitative estimate of drug-likeness (QED) is 0.907. The first-order valence-corrected chi connectivity index (χ1v) is 7.79. The van der Waals surface area contributed by atoms with Gasteiger partial charge in [0.05, 0.1) is 5.69 Å². The minimum absolute atomic E-state index is 0.0846. The summed E-state index contributed by atoms with van der Waals surface area (Å²) in [7, 11) is 0. The van der Waals surface area contributed by atoms with E-state index in [1.807, 2.05) is 32.0 Å². The smallest absolute Gasteiger partial charge is 0.226 e. The molecule has 0 fully saturated rings. The maximum Gasteiger partial charge on any atom is 0.226 e. The minimum atomic E-state index is -0.484. The van der Waals surface area contributed by atoms with Crippen molar-refractivity contribution in [2.75, 3.05) is 16.8 Å². The predicted octanol–water partition coefficient (Wildman–Crippen LogP) is 3.82. The first-order valence-electron chi connectivity index (χ1n) is 7.79. The highest BCUT2D eigenvalue weighted by molar-refractivity contribution is 5.95. The Bertz CT molecular complexity index is 759. The number of hydrogen-bond donors (Lipinski definition) is 1. The Hall–Kier alpha value is -2.69. The van der Waals surface area contributed by atoms with Gasteiger partial charge in [-0.15, -0.1) is 0 Å². The van der Waals surface area contributed by atoms with Crippen LogP contribution in [0.4, 0.5) is 15.8 Å². The third-order valence-electron chi connectivity index (χ3n) is 3.96. The predicted molar refractivity (Wildman–Crippen MR) is 93.6 cm³/mol. The number of nitrogens with one attached hydrogen (secondary N) is 1. The summed E-state index contributed by atoms with van der Waals surface area (Å²) in [6.07, 6.45) is 0.0846. The van der Waals surface area contributed by atoms with Gasteiger partial charge in [0.2, 0.25) is 11.8 Å². The standard InChI is InChI=1S/C19H21FN2O2/c1-13-7-6-9-17(14(13)2)21-19(24)11-12-22(15(3)23)18-10-5-4-8-16(18)20/h4-10H,11-12H2,1-3H3,(H,21,24). The summed E-state index contributed by atoms with van der Waals surface area (Å²) in [6.45, 7) is 5.38. The average Bonchev–Trinajstić information content (AvgIpc) is 2.53. The monoisotopic (exact) mass is 328 g/mol. The maximum absolute atomic E-state index is 13.9. The Kier molecular flexibility index (Phi) is 5.68. The van der Waals surface area contributed by atoms with Gasteiger partial charge < -0.3 is 10.2 Å². The van der Waals surface area contributed by atoms with Gasteiger partial charge in [-0.25, -0.2) is 4.39 Å². The third-order valence-corrected chi connectivity index (χ3v) is 3.96. The second-order valence-electron chi connectivity index (χ2n) is 5.67. The summed E-state index contributed by atoms with van der Waals surface area (Å²) < 4.78 is 13.9. The van der Waals surface area contributed by atoms with Crippen LogP contribution in [0, 0.1) is 19.7 Å². The van der Waals surface area contributed by atoms with E-state index in [0.29, 0.717) is 0 Å². The van der Waals surface area contributed by atoms with Crippen LogP contribution in [-0.2, 0) is 9.59 Å². The molecule has 0 aromatic heterocycles. The third kappa shape index (κ3) is 4.19. The van der Waals surface area contributed by atoms with E-state index in [9.17, 15) is 14.0 Å². The lowest BCUT2D eigenvalue weighted by atomic mass is 10.1. The molecule has 0 aliphatic carbocycles. The molecule has 0 aliphatic rings. The van der Waals surface area contributed by atoms with Gasteiger partial charge in [0.1, 0.15) is 5.82 Å². The number of benzene rings is 2. The van der Waals surface area contributed by atoms with Crippen molar-refractivity contribution in [2.45, 2.75) is 27.2 Å². The lowest BCUT2D eigenvalue weighted by molar-refractivity contribution is -0.117. The van der Waals surface area contributed by atoms with Gasteiger partial charge in [-0.3, -0.25) is 9.59 Å². The van der Waals surface area contributed by atoms with Crippen molar-refractivity contribution in [3.63, 3.8) is 0 Å². The summed E-state index contributed by atoms with van der Waals surface area (Å²) in [4.78, 5) is 25.2. The SMILES string of the molecule is CC(=O)N(CCC(=O)Nc1cccc(C)c1C)c1ccccc1F. The van der Waals surface area contributed by atoms with Gasteiger partial charge in [0, 0.05) is 25.6 Å². The van der Waals surface area contributed by atoms with Crippen LogP contribution in [0.3, 0.4) is 0 Å². The van der Waals surface area contributed by atoms with Crippen LogP contribution in [0.1, 0.15) is 24.5 Å². The Morgan fingerprint density at radius 2 is 1.79 bits per heavy atom. The zero-order valence-corrected chi connectivity index (χ0v) is 14.1. The number of aryl methyl sites for hydroxylation is 1. The largest absolute Gasteiger partial charge is 0.326 e. The van der Waals surface area contributed by atoms with Gasteiger partial charge in [0.25, 0.3) is 0 Å². The van der Waals surface area contributed by atoms with E-state index < -0.39 is 5.82 Å². The topological polar surface area (TPSA) is 49.4 Å². The molecular weight excluding hydrogens is 307 g/mol. The molecule has 2 aromatic rings. The summed E-state index contributed by atoms with van der Waals surface area (Å²) >= 11 is 0. The van der Waals surface area contributed by atoms with E-state index in [1.165, 1.54) is 24.0 Å². The number of carbonyl (C=O) groups excluding carboxylic acids is 2. The van der Waals surface area contributed by atoms with Gasteiger partial charge in [-0.2, -0.15) is 0 Å². The number of halogens is 1. The van der Waals surface area contributed by atoms with Gasteiger partial charge >= 0.3 is 0 Å². The molecule has 0 aliphatic heterocycles. The zero-order chi connectivity index (χ0) is 17.7. The van der Waals surface area contributed by atoms with Crippen LogP contribution >= 0.6 is 0 Å².